The monoisotopic (exact) mass is 196 g/mol. The van der Waals surface area contributed by atoms with Crippen molar-refractivity contribution >= 4 is 15.3 Å². The Bertz CT molecular complexity index is 46.1. The van der Waals surface area contributed by atoms with E-state index in [2.05, 4.69) is 3.73 Å². The Hall–Kier alpha value is 0.798. The normalized spacial score (nSPS) is 12.3. The summed E-state index contributed by atoms with van der Waals surface area (Å²) in [6, 6.07) is 0. The molecule has 1 unspecified atom stereocenters. The standard InChI is InChI=1S/CH5AsO3.Fe/c1-5-2(3)4;/h2H,1H3,(H,3,4);. The van der Waals surface area contributed by atoms with Crippen LogP contribution in [0.2, 0.25) is 0 Å². The summed E-state index contributed by atoms with van der Waals surface area (Å²) in [6.45, 7) is 0. The summed E-state index contributed by atoms with van der Waals surface area (Å²) < 4.78 is 21.1. The van der Waals surface area contributed by atoms with Crippen LogP contribution in [-0.2, 0) is 24.5 Å². The second kappa shape index (κ2) is 5.80. The molecule has 0 aliphatic heterocycles. The molecule has 40 valence electrons. The fraction of sp³-hybridized carbons (Fsp3) is 1.00. The summed E-state index contributed by atoms with van der Waals surface area (Å²) in [7, 11) is 1.21. The molecule has 0 spiro atoms. The minimum Gasteiger partial charge on any atom is 0 e. The van der Waals surface area contributed by atoms with E-state index in [9.17, 15) is 3.74 Å². The maximum Gasteiger partial charge on any atom is 0 e. The van der Waals surface area contributed by atoms with Crippen LogP contribution in [0.3, 0.4) is 0 Å². The van der Waals surface area contributed by atoms with E-state index in [1.165, 1.54) is 7.11 Å². The Kier molecular flexibility index (Phi) is 9.59. The van der Waals surface area contributed by atoms with Gasteiger partial charge in [-0.3, -0.25) is 0 Å². The van der Waals surface area contributed by atoms with E-state index in [1.807, 2.05) is 0 Å². The number of rotatable bonds is 1. The van der Waals surface area contributed by atoms with Gasteiger partial charge in [0.1, 0.15) is 0 Å². The van der Waals surface area contributed by atoms with Crippen LogP contribution in [0.4, 0.5) is 0 Å². The van der Waals surface area contributed by atoms with Gasteiger partial charge in [0.25, 0.3) is 0 Å². The van der Waals surface area contributed by atoms with Gasteiger partial charge >= 0.3 is 33.9 Å². The molecular formula is CH5AsFeO3. The van der Waals surface area contributed by atoms with Crippen LogP contribution in [0.15, 0.2) is 0 Å². The third kappa shape index (κ3) is 8.84. The van der Waals surface area contributed by atoms with E-state index in [0.29, 0.717) is 0 Å². The van der Waals surface area contributed by atoms with Crippen LogP contribution < -0.4 is 0 Å². The molecule has 0 aromatic heterocycles. The largest absolute Gasteiger partial charge is 0 e. The van der Waals surface area contributed by atoms with Crippen molar-refractivity contribution in [3.05, 3.63) is 0 Å². The zero-order valence-corrected chi connectivity index (χ0v) is 6.32. The van der Waals surface area contributed by atoms with E-state index in [4.69, 9.17) is 4.10 Å². The average molecular weight is 196 g/mol. The Labute approximate surface area is 51.3 Å². The molecule has 5 heteroatoms. The average Bonchev–Trinajstić information content (AvgIpc) is 1.38. The quantitative estimate of drug-likeness (QED) is 0.534. The van der Waals surface area contributed by atoms with Crippen LogP contribution >= 0.6 is 0 Å². The fourth-order valence-corrected chi connectivity index (χ4v) is 0. The SMILES string of the molecule is CO[AsH](=O)O.[Fe]. The van der Waals surface area contributed by atoms with Crippen molar-refractivity contribution in [3.63, 3.8) is 0 Å². The second-order valence-corrected chi connectivity index (χ2v) is 2.44. The van der Waals surface area contributed by atoms with Gasteiger partial charge in [-0.25, -0.2) is 0 Å². The fourth-order valence-electron chi connectivity index (χ4n) is 0. The minimum atomic E-state index is -3.11. The Morgan fingerprint density at radius 2 is 2.00 bits per heavy atom. The summed E-state index contributed by atoms with van der Waals surface area (Å²) in [5.41, 5.74) is 0. The molecule has 0 aliphatic rings. The van der Waals surface area contributed by atoms with E-state index < -0.39 is 15.3 Å². The predicted octanol–water partition coefficient (Wildman–Crippen LogP) is -1.23. The Morgan fingerprint density at radius 3 is 2.00 bits per heavy atom. The minimum absolute atomic E-state index is 0. The van der Waals surface area contributed by atoms with Gasteiger partial charge in [0.05, 0.1) is 0 Å². The molecule has 0 fully saturated rings. The molecule has 0 bridgehead atoms. The van der Waals surface area contributed by atoms with E-state index >= 15 is 0 Å². The van der Waals surface area contributed by atoms with Gasteiger partial charge < -0.3 is 0 Å². The van der Waals surface area contributed by atoms with Gasteiger partial charge in [-0.15, -0.1) is 0 Å². The third-order valence-electron chi connectivity index (χ3n) is 0.175. The summed E-state index contributed by atoms with van der Waals surface area (Å²) in [4.78, 5) is 0. The number of hydrogen-bond acceptors (Lipinski definition) is 2. The summed E-state index contributed by atoms with van der Waals surface area (Å²) >= 11 is -3.11. The molecule has 0 heterocycles. The molecule has 0 rings (SSSR count). The Morgan fingerprint density at radius 1 is 1.83 bits per heavy atom. The van der Waals surface area contributed by atoms with Gasteiger partial charge in [0, 0.05) is 17.1 Å². The third-order valence-corrected chi connectivity index (χ3v) is 0.907. The first-order valence-electron chi connectivity index (χ1n) is 1.04. The molecule has 6 heavy (non-hydrogen) atoms. The second-order valence-electron chi connectivity index (χ2n) is 0.470. The molecule has 0 aromatic rings. The predicted molar refractivity (Wildman–Crippen MR) is 17.1 cm³/mol. The van der Waals surface area contributed by atoms with Crippen molar-refractivity contribution in [1.82, 2.24) is 0 Å². The molecule has 1 atom stereocenters. The van der Waals surface area contributed by atoms with Crippen LogP contribution in [-0.4, -0.2) is 26.5 Å². The molecule has 0 aromatic carbocycles. The zero-order valence-electron chi connectivity index (χ0n) is 3.12. The van der Waals surface area contributed by atoms with Crippen LogP contribution in [0.5, 0.6) is 0 Å². The van der Waals surface area contributed by atoms with E-state index in [0.717, 1.165) is 0 Å². The zero-order chi connectivity index (χ0) is 4.28. The van der Waals surface area contributed by atoms with Gasteiger partial charge in [0.2, 0.25) is 0 Å². The topological polar surface area (TPSA) is 46.5 Å². The molecule has 3 nitrogen and oxygen atoms in total. The van der Waals surface area contributed by atoms with Crippen molar-refractivity contribution in [2.24, 2.45) is 0 Å². The van der Waals surface area contributed by atoms with Crippen LogP contribution in [0.1, 0.15) is 0 Å². The summed E-state index contributed by atoms with van der Waals surface area (Å²) in [6.07, 6.45) is 0. The molecule has 0 saturated carbocycles. The van der Waals surface area contributed by atoms with Crippen molar-refractivity contribution in [1.29, 1.82) is 0 Å². The molecular weight excluding hydrogens is 191 g/mol. The van der Waals surface area contributed by atoms with Crippen molar-refractivity contribution in [2.75, 3.05) is 7.11 Å². The van der Waals surface area contributed by atoms with Crippen molar-refractivity contribution in [2.45, 2.75) is 0 Å². The molecule has 0 saturated heterocycles. The van der Waals surface area contributed by atoms with Crippen LogP contribution in [0.25, 0.3) is 0 Å². The Balaban J connectivity index is 0. The van der Waals surface area contributed by atoms with Gasteiger partial charge in [0.15, 0.2) is 0 Å². The maximum atomic E-state index is 9.40. The van der Waals surface area contributed by atoms with Crippen LogP contribution in [0, 0.1) is 0 Å². The molecule has 0 aliphatic carbocycles. The van der Waals surface area contributed by atoms with Crippen molar-refractivity contribution in [3.8, 4) is 0 Å². The van der Waals surface area contributed by atoms with E-state index in [-0.39, 0.29) is 17.1 Å². The van der Waals surface area contributed by atoms with Gasteiger partial charge in [-0.2, -0.15) is 0 Å². The first-order valence-corrected chi connectivity index (χ1v) is 3.69. The molecule has 0 amide bonds. The smallest absolute Gasteiger partial charge is 0 e. The first-order chi connectivity index (χ1) is 2.27. The summed E-state index contributed by atoms with van der Waals surface area (Å²) in [5, 5.41) is 0. The van der Waals surface area contributed by atoms with Crippen molar-refractivity contribution < 1.29 is 28.6 Å². The van der Waals surface area contributed by atoms with E-state index in [1.54, 1.807) is 0 Å². The number of hydrogen-bond donors (Lipinski definition) is 1. The van der Waals surface area contributed by atoms with Gasteiger partial charge in [-0.1, -0.05) is 0 Å². The molecule has 1 N–H and O–H groups in total. The summed E-state index contributed by atoms with van der Waals surface area (Å²) in [5.74, 6) is 0. The molecule has 0 radical (unpaired) electrons. The van der Waals surface area contributed by atoms with Gasteiger partial charge in [-0.05, 0) is 0 Å². The first kappa shape index (κ1) is 9.93. The maximum absolute atomic E-state index is 9.40.